The molecule has 6 heteroatoms. The molecular formula is C35H35N5O. The highest BCUT2D eigenvalue weighted by atomic mass is 16.1. The molecule has 0 aliphatic carbocycles. The number of rotatable bonds is 9. The molecule has 6 rings (SSSR count). The fraction of sp³-hybridized carbons (Fsp3) is 0.229. The maximum absolute atomic E-state index is 12.8. The van der Waals surface area contributed by atoms with Crippen LogP contribution >= 0.6 is 0 Å². The molecule has 3 N–H and O–H groups in total. The molecule has 0 aromatic heterocycles. The molecule has 4 aromatic rings. The number of benzene rings is 4. The summed E-state index contributed by atoms with van der Waals surface area (Å²) >= 11 is 0. The van der Waals surface area contributed by atoms with Gasteiger partial charge >= 0.3 is 0 Å². The molecule has 2 unspecified atom stereocenters. The van der Waals surface area contributed by atoms with E-state index >= 15 is 0 Å². The zero-order valence-electron chi connectivity index (χ0n) is 23.3. The average Bonchev–Trinajstić information content (AvgIpc) is 3.38. The Morgan fingerprint density at radius 2 is 1.54 bits per heavy atom. The van der Waals surface area contributed by atoms with Crippen molar-refractivity contribution in [3.05, 3.63) is 125 Å². The van der Waals surface area contributed by atoms with Gasteiger partial charge in [0.05, 0.1) is 11.7 Å². The minimum atomic E-state index is -0.145. The molecule has 2 aliphatic rings. The third-order valence-corrected chi connectivity index (χ3v) is 7.90. The topological polar surface area (TPSA) is 83.1 Å². The zero-order valence-corrected chi connectivity index (χ0v) is 23.3. The Hall–Kier alpha value is -4.71. The van der Waals surface area contributed by atoms with Crippen molar-refractivity contribution < 1.29 is 4.79 Å². The maximum atomic E-state index is 12.8. The molecule has 2 atom stereocenters. The predicted molar refractivity (Wildman–Crippen MR) is 166 cm³/mol. The minimum absolute atomic E-state index is 0.0581. The Morgan fingerprint density at radius 1 is 0.854 bits per heavy atom. The van der Waals surface area contributed by atoms with Crippen molar-refractivity contribution in [3.8, 4) is 11.1 Å². The van der Waals surface area contributed by atoms with Crippen LogP contribution in [0.15, 0.2) is 113 Å². The Morgan fingerprint density at radius 3 is 2.29 bits per heavy atom. The van der Waals surface area contributed by atoms with Crippen LogP contribution in [0.25, 0.3) is 11.1 Å². The van der Waals surface area contributed by atoms with Crippen LogP contribution in [-0.2, 0) is 13.1 Å². The molecule has 41 heavy (non-hydrogen) atoms. The number of hydrogen-bond donors (Lipinski definition) is 2. The van der Waals surface area contributed by atoms with Gasteiger partial charge in [-0.3, -0.25) is 9.79 Å². The number of nitrogens with one attached hydrogen (secondary N) is 1. The molecule has 0 bridgehead atoms. The summed E-state index contributed by atoms with van der Waals surface area (Å²) in [5, 5.41) is 3.05. The zero-order chi connectivity index (χ0) is 28.2. The second kappa shape index (κ2) is 11.8. The SMILES string of the molecule is CCCCC1=NC2C(N)=Nc3ccccc3C2N1Cc1ccc(CNC(=O)c2ccc(-c3ccccc3)cc2)cc1. The van der Waals surface area contributed by atoms with Gasteiger partial charge in [0, 0.05) is 30.6 Å². The molecule has 206 valence electrons. The van der Waals surface area contributed by atoms with E-state index in [1.807, 2.05) is 54.6 Å². The van der Waals surface area contributed by atoms with Crippen molar-refractivity contribution in [1.29, 1.82) is 0 Å². The highest BCUT2D eigenvalue weighted by Gasteiger charge is 2.42. The van der Waals surface area contributed by atoms with Gasteiger partial charge in [-0.1, -0.05) is 98.3 Å². The third kappa shape index (κ3) is 5.64. The van der Waals surface area contributed by atoms with Gasteiger partial charge in [-0.2, -0.15) is 0 Å². The lowest BCUT2D eigenvalue weighted by Crippen LogP contribution is -2.39. The van der Waals surface area contributed by atoms with E-state index in [0.717, 1.165) is 54.0 Å². The first kappa shape index (κ1) is 26.5. The van der Waals surface area contributed by atoms with E-state index in [1.165, 1.54) is 11.1 Å². The van der Waals surface area contributed by atoms with Crippen LogP contribution in [0.5, 0.6) is 0 Å². The smallest absolute Gasteiger partial charge is 0.251 e. The maximum Gasteiger partial charge on any atom is 0.251 e. The highest BCUT2D eigenvalue weighted by Crippen LogP contribution is 2.42. The van der Waals surface area contributed by atoms with Crippen LogP contribution in [0.1, 0.15) is 59.3 Å². The van der Waals surface area contributed by atoms with Crippen LogP contribution in [0.4, 0.5) is 5.69 Å². The first-order chi connectivity index (χ1) is 20.1. The fourth-order valence-electron chi connectivity index (χ4n) is 5.67. The fourth-order valence-corrected chi connectivity index (χ4v) is 5.67. The van der Waals surface area contributed by atoms with Gasteiger partial charge in [0.1, 0.15) is 17.7 Å². The summed E-state index contributed by atoms with van der Waals surface area (Å²) in [7, 11) is 0. The van der Waals surface area contributed by atoms with Crippen molar-refractivity contribution in [1.82, 2.24) is 10.2 Å². The van der Waals surface area contributed by atoms with Gasteiger partial charge in [0.15, 0.2) is 0 Å². The molecular weight excluding hydrogens is 506 g/mol. The molecule has 0 saturated carbocycles. The largest absolute Gasteiger partial charge is 0.385 e. The van der Waals surface area contributed by atoms with Crippen molar-refractivity contribution in [2.24, 2.45) is 15.7 Å². The molecule has 2 aliphatic heterocycles. The molecule has 1 amide bonds. The number of carbonyl (C=O) groups is 1. The van der Waals surface area contributed by atoms with Gasteiger partial charge < -0.3 is 16.0 Å². The monoisotopic (exact) mass is 541 g/mol. The average molecular weight is 542 g/mol. The van der Waals surface area contributed by atoms with Gasteiger partial charge in [0.2, 0.25) is 0 Å². The van der Waals surface area contributed by atoms with E-state index in [9.17, 15) is 4.79 Å². The lowest BCUT2D eigenvalue weighted by Gasteiger charge is -2.33. The Labute approximate surface area is 241 Å². The summed E-state index contributed by atoms with van der Waals surface area (Å²) in [6, 6.07) is 34.5. The number of hydrogen-bond acceptors (Lipinski definition) is 5. The first-order valence-corrected chi connectivity index (χ1v) is 14.4. The quantitative estimate of drug-likeness (QED) is 0.244. The Balaban J connectivity index is 1.12. The number of fused-ring (bicyclic) bond motifs is 3. The number of nitrogens with two attached hydrogens (primary N) is 1. The van der Waals surface area contributed by atoms with Crippen LogP contribution in [0.3, 0.4) is 0 Å². The van der Waals surface area contributed by atoms with Crippen molar-refractivity contribution >= 4 is 23.3 Å². The highest BCUT2D eigenvalue weighted by molar-refractivity contribution is 5.98. The van der Waals surface area contributed by atoms with Crippen LogP contribution in [-0.4, -0.2) is 28.5 Å². The number of amides is 1. The summed E-state index contributed by atoms with van der Waals surface area (Å²) < 4.78 is 0. The van der Waals surface area contributed by atoms with Crippen molar-refractivity contribution in [3.63, 3.8) is 0 Å². The second-order valence-corrected chi connectivity index (χ2v) is 10.7. The van der Waals surface area contributed by atoms with E-state index < -0.39 is 0 Å². The van der Waals surface area contributed by atoms with Crippen LogP contribution in [0, 0.1) is 0 Å². The predicted octanol–water partition coefficient (Wildman–Crippen LogP) is 6.80. The van der Waals surface area contributed by atoms with Crippen LogP contribution in [0.2, 0.25) is 0 Å². The van der Waals surface area contributed by atoms with E-state index in [1.54, 1.807) is 0 Å². The number of amidine groups is 2. The Kier molecular flexibility index (Phi) is 7.63. The van der Waals surface area contributed by atoms with Gasteiger partial charge in [-0.15, -0.1) is 0 Å². The second-order valence-electron chi connectivity index (χ2n) is 10.7. The van der Waals surface area contributed by atoms with Crippen LogP contribution < -0.4 is 11.1 Å². The summed E-state index contributed by atoms with van der Waals surface area (Å²) in [5.41, 5.74) is 13.7. The Bertz CT molecular complexity index is 1580. The van der Waals surface area contributed by atoms with Crippen molar-refractivity contribution in [2.45, 2.75) is 51.4 Å². The summed E-state index contributed by atoms with van der Waals surface area (Å²) in [6.45, 7) is 3.42. The molecule has 0 radical (unpaired) electrons. The number of unbranched alkanes of at least 4 members (excludes halogenated alkanes) is 1. The molecule has 0 saturated heterocycles. The molecule has 2 heterocycles. The first-order valence-electron chi connectivity index (χ1n) is 14.4. The normalized spacial score (nSPS) is 17.3. The summed E-state index contributed by atoms with van der Waals surface area (Å²) in [6.07, 6.45) is 3.12. The van der Waals surface area contributed by atoms with E-state index in [4.69, 9.17) is 10.7 Å². The van der Waals surface area contributed by atoms with E-state index in [2.05, 4.69) is 70.7 Å². The van der Waals surface area contributed by atoms with E-state index in [-0.39, 0.29) is 18.0 Å². The molecule has 0 fully saturated rings. The van der Waals surface area contributed by atoms with E-state index in [0.29, 0.717) is 17.9 Å². The third-order valence-electron chi connectivity index (χ3n) is 7.90. The molecule has 4 aromatic carbocycles. The number of para-hydroxylation sites is 1. The lowest BCUT2D eigenvalue weighted by atomic mass is 9.93. The van der Waals surface area contributed by atoms with Crippen molar-refractivity contribution in [2.75, 3.05) is 0 Å². The standard InChI is InChI=1S/C35H35N5O/c1-2-3-13-31-39-32-33(29-11-7-8-12-30(29)38-34(32)36)40(31)23-25-16-14-24(15-17-25)22-37-35(41)28-20-18-27(19-21-28)26-9-5-4-6-10-26/h4-12,14-21,32-33H,2-3,13,22-23H2,1H3,(H2,36,38)(H,37,41). The number of carbonyl (C=O) groups excluding carboxylic acids is 1. The van der Waals surface area contributed by atoms with Gasteiger partial charge in [0.25, 0.3) is 5.91 Å². The number of aliphatic imine (C=N–C) groups is 2. The number of nitrogens with zero attached hydrogens (tertiary/aromatic N) is 3. The van der Waals surface area contributed by atoms with Gasteiger partial charge in [-0.05, 0) is 46.9 Å². The summed E-state index contributed by atoms with van der Waals surface area (Å²) in [4.78, 5) is 24.9. The molecule has 0 spiro atoms. The minimum Gasteiger partial charge on any atom is -0.385 e. The summed E-state index contributed by atoms with van der Waals surface area (Å²) in [5.74, 6) is 1.61. The van der Waals surface area contributed by atoms with Gasteiger partial charge in [-0.25, -0.2) is 4.99 Å². The molecule has 6 nitrogen and oxygen atoms in total. The lowest BCUT2D eigenvalue weighted by molar-refractivity contribution is 0.0951.